The van der Waals surface area contributed by atoms with Crippen molar-refractivity contribution >= 4 is 39.8 Å². The highest BCUT2D eigenvalue weighted by atomic mass is 32.2. The zero-order valence-electron chi connectivity index (χ0n) is 19.6. The Kier molecular flexibility index (Phi) is 6.43. The molecule has 0 amide bonds. The summed E-state index contributed by atoms with van der Waals surface area (Å²) in [5.74, 6) is -0.714. The lowest BCUT2D eigenvalue weighted by Crippen LogP contribution is -2.30. The molecule has 1 heterocycles. The summed E-state index contributed by atoms with van der Waals surface area (Å²) in [6, 6.07) is 21.4. The molecule has 1 atom stereocenters. The Balaban J connectivity index is 1.47. The first-order valence-corrected chi connectivity index (χ1v) is 12.8. The molecule has 36 heavy (non-hydrogen) atoms. The van der Waals surface area contributed by atoms with Crippen molar-refractivity contribution in [2.45, 2.75) is 18.2 Å². The molecule has 180 valence electrons. The van der Waals surface area contributed by atoms with Crippen molar-refractivity contribution in [3.63, 3.8) is 0 Å². The van der Waals surface area contributed by atoms with Crippen molar-refractivity contribution in [2.75, 3.05) is 6.26 Å². The van der Waals surface area contributed by atoms with E-state index in [0.717, 1.165) is 32.9 Å². The summed E-state index contributed by atoms with van der Waals surface area (Å²) in [7, 11) is -1.06. The summed E-state index contributed by atoms with van der Waals surface area (Å²) in [6.45, 7) is 1.92. The van der Waals surface area contributed by atoms with Gasteiger partial charge in [-0.25, -0.2) is 9.38 Å². The summed E-state index contributed by atoms with van der Waals surface area (Å²) in [5, 5.41) is 16.8. The van der Waals surface area contributed by atoms with Gasteiger partial charge in [0.05, 0.1) is 0 Å². The highest BCUT2D eigenvalue weighted by molar-refractivity contribution is 7.84. The Morgan fingerprint density at radius 3 is 2.58 bits per heavy atom. The predicted molar refractivity (Wildman–Crippen MR) is 135 cm³/mol. The van der Waals surface area contributed by atoms with E-state index in [-0.39, 0.29) is 18.1 Å². The molecule has 1 aliphatic rings. The van der Waals surface area contributed by atoms with Gasteiger partial charge in [-0.05, 0) is 81.3 Å². The van der Waals surface area contributed by atoms with Crippen molar-refractivity contribution < 1.29 is 22.9 Å². The van der Waals surface area contributed by atoms with Gasteiger partial charge in [0.2, 0.25) is 11.0 Å². The number of benzene rings is 3. The van der Waals surface area contributed by atoms with Gasteiger partial charge >= 0.3 is 5.88 Å². The molecule has 1 aromatic heterocycles. The van der Waals surface area contributed by atoms with Crippen LogP contribution in [0.1, 0.15) is 30.0 Å². The summed E-state index contributed by atoms with van der Waals surface area (Å²) in [4.78, 5) is 4.81. The number of hydrogen-bond donors (Lipinski definition) is 0. The van der Waals surface area contributed by atoms with Crippen molar-refractivity contribution in [3.05, 3.63) is 107 Å². The number of halogens is 1. The van der Waals surface area contributed by atoms with E-state index in [2.05, 4.69) is 10.3 Å². The largest absolute Gasteiger partial charge is 0.861 e. The third-order valence-electron chi connectivity index (χ3n) is 6.02. The van der Waals surface area contributed by atoms with Crippen LogP contribution in [0, 0.1) is 5.82 Å². The van der Waals surface area contributed by atoms with E-state index in [1.807, 2.05) is 67.6 Å². The van der Waals surface area contributed by atoms with Crippen molar-refractivity contribution in [2.24, 2.45) is 4.99 Å². The Morgan fingerprint density at radius 2 is 1.86 bits per heavy atom. The lowest BCUT2D eigenvalue weighted by molar-refractivity contribution is -0.670. The Labute approximate surface area is 210 Å². The fourth-order valence-corrected chi connectivity index (χ4v) is 4.73. The van der Waals surface area contributed by atoms with Crippen LogP contribution in [0.3, 0.4) is 0 Å². The van der Waals surface area contributed by atoms with Gasteiger partial charge in [0.25, 0.3) is 6.20 Å². The van der Waals surface area contributed by atoms with E-state index < -0.39 is 16.7 Å². The molecule has 0 fully saturated rings. The quantitative estimate of drug-likeness (QED) is 0.220. The van der Waals surface area contributed by atoms with Crippen molar-refractivity contribution in [3.8, 4) is 5.69 Å². The third-order valence-corrected chi connectivity index (χ3v) is 6.95. The van der Waals surface area contributed by atoms with Gasteiger partial charge < -0.3 is 5.11 Å². The fraction of sp³-hybridized carbons (Fsp3) is 0.107. The lowest BCUT2D eigenvalue weighted by atomic mass is 10.0. The number of nitrogens with zero attached hydrogens (tertiary/aromatic N) is 3. The molecule has 0 saturated carbocycles. The van der Waals surface area contributed by atoms with Crippen LogP contribution in [0.4, 0.5) is 10.3 Å². The summed E-state index contributed by atoms with van der Waals surface area (Å²) in [6.07, 6.45) is 5.15. The summed E-state index contributed by atoms with van der Waals surface area (Å²) < 4.78 is 32.6. The maximum Gasteiger partial charge on any atom is 0.321 e. The normalized spacial score (nSPS) is 15.4. The standard InChI is InChI=1S/C28H22FN3O3S/c1-18-24(14-19-8-11-22(12-9-19)36(2)34)23-13-10-20(29)15-26(23)25(18)16-27(33)30-28-17-32(31-35-28)21-6-4-3-5-7-21/h3-15,17H,16H2,1-2H3/b24-14-. The molecular formula is C28H22FN3O3S. The lowest BCUT2D eigenvalue weighted by Gasteiger charge is -2.12. The SMILES string of the molecule is CC1=C(C/C([O-])=N/c2c[n+](-c3ccccc3)no2)c2cc(F)ccc2/C1=C\c1ccc(S(C)=O)cc1. The topological polar surface area (TPSA) is 82.4 Å². The Hall–Kier alpha value is -4.17. The average Bonchev–Trinajstić information content (AvgIpc) is 3.43. The second-order valence-corrected chi connectivity index (χ2v) is 9.76. The van der Waals surface area contributed by atoms with Crippen LogP contribution < -0.4 is 9.79 Å². The monoisotopic (exact) mass is 499 g/mol. The second kappa shape index (κ2) is 9.83. The van der Waals surface area contributed by atoms with E-state index >= 15 is 0 Å². The molecule has 0 N–H and O–H groups in total. The van der Waals surface area contributed by atoms with Gasteiger partial charge in [-0.2, -0.15) is 0 Å². The maximum atomic E-state index is 14.2. The first-order valence-electron chi connectivity index (χ1n) is 11.2. The molecule has 0 aliphatic heterocycles. The molecule has 3 aromatic carbocycles. The molecule has 0 spiro atoms. The van der Waals surface area contributed by atoms with E-state index in [1.165, 1.54) is 23.0 Å². The highest BCUT2D eigenvalue weighted by Crippen LogP contribution is 2.43. The minimum absolute atomic E-state index is 0.0145. The van der Waals surface area contributed by atoms with Gasteiger partial charge in [-0.1, -0.05) is 36.4 Å². The van der Waals surface area contributed by atoms with Gasteiger partial charge in [0.1, 0.15) is 5.82 Å². The molecule has 0 radical (unpaired) electrons. The molecule has 8 heteroatoms. The van der Waals surface area contributed by atoms with Gasteiger partial charge in [0, 0.05) is 40.5 Å². The minimum atomic E-state index is -1.06. The van der Waals surface area contributed by atoms with Gasteiger partial charge in [0.15, 0.2) is 0 Å². The Bertz CT molecular complexity index is 1550. The minimum Gasteiger partial charge on any atom is -0.861 e. The molecular weight excluding hydrogens is 477 g/mol. The summed E-state index contributed by atoms with van der Waals surface area (Å²) >= 11 is 0. The first-order chi connectivity index (χ1) is 17.4. The number of fused-ring (bicyclic) bond motifs is 1. The van der Waals surface area contributed by atoms with Crippen LogP contribution in [-0.4, -0.2) is 21.6 Å². The molecule has 0 saturated heterocycles. The highest BCUT2D eigenvalue weighted by Gasteiger charge is 2.24. The summed E-state index contributed by atoms with van der Waals surface area (Å²) in [5.41, 5.74) is 5.71. The Morgan fingerprint density at radius 1 is 1.11 bits per heavy atom. The molecule has 1 unspecified atom stereocenters. The van der Waals surface area contributed by atoms with E-state index in [1.54, 1.807) is 12.3 Å². The smallest absolute Gasteiger partial charge is 0.321 e. The van der Waals surface area contributed by atoms with Crippen LogP contribution in [0.2, 0.25) is 0 Å². The van der Waals surface area contributed by atoms with Crippen molar-refractivity contribution in [1.29, 1.82) is 0 Å². The van der Waals surface area contributed by atoms with E-state index in [4.69, 9.17) is 4.52 Å². The van der Waals surface area contributed by atoms with Crippen LogP contribution in [0.15, 0.2) is 99.0 Å². The average molecular weight is 500 g/mol. The van der Waals surface area contributed by atoms with Gasteiger partial charge in [-0.15, -0.1) is 0 Å². The van der Waals surface area contributed by atoms with Crippen LogP contribution in [0.25, 0.3) is 22.9 Å². The number of rotatable bonds is 6. The zero-order chi connectivity index (χ0) is 25.2. The molecule has 6 nitrogen and oxygen atoms in total. The number of aliphatic imine (C=N–C) groups is 1. The fourth-order valence-electron chi connectivity index (χ4n) is 4.21. The molecule has 4 aromatic rings. The van der Waals surface area contributed by atoms with Crippen molar-refractivity contribution in [1.82, 2.24) is 5.27 Å². The molecule has 0 bridgehead atoms. The van der Waals surface area contributed by atoms with Crippen LogP contribution in [-0.2, 0) is 10.8 Å². The number of allylic oxidation sites excluding steroid dienone is 2. The van der Waals surface area contributed by atoms with E-state index in [0.29, 0.717) is 11.1 Å². The van der Waals surface area contributed by atoms with Gasteiger partial charge in [-0.3, -0.25) is 8.73 Å². The maximum absolute atomic E-state index is 14.2. The third kappa shape index (κ3) is 4.81. The molecule has 1 aliphatic carbocycles. The first kappa shape index (κ1) is 23.6. The second-order valence-electron chi connectivity index (χ2n) is 8.38. The molecule has 5 rings (SSSR count). The van der Waals surface area contributed by atoms with Crippen LogP contribution >= 0.6 is 0 Å². The zero-order valence-corrected chi connectivity index (χ0v) is 20.5. The number of hydrogen-bond acceptors (Lipinski definition) is 5. The predicted octanol–water partition coefficient (Wildman–Crippen LogP) is 4.64. The van der Waals surface area contributed by atoms with Crippen LogP contribution in [0.5, 0.6) is 0 Å². The number of aromatic nitrogens is 2. The number of para-hydroxylation sites is 1. The van der Waals surface area contributed by atoms with E-state index in [9.17, 15) is 13.7 Å².